The minimum Gasteiger partial charge on any atom is -0.381 e. The van der Waals surface area contributed by atoms with Crippen LogP contribution in [0.15, 0.2) is 0 Å². The molecule has 20 heavy (non-hydrogen) atoms. The molecule has 0 aromatic rings. The Bertz CT molecular complexity index is 289. The van der Waals surface area contributed by atoms with Crippen molar-refractivity contribution in [2.45, 2.75) is 57.9 Å². The van der Waals surface area contributed by atoms with E-state index in [1.54, 1.807) is 0 Å². The lowest BCUT2D eigenvalue weighted by Gasteiger charge is -2.52. The predicted octanol–water partition coefficient (Wildman–Crippen LogP) is 2.89. The SMILES string of the molecule is CC(C)C1CCCCC1(CN)N(C)CC1CCCOC1. The highest BCUT2D eigenvalue weighted by Gasteiger charge is 2.44. The van der Waals surface area contributed by atoms with Crippen LogP contribution in [0.5, 0.6) is 0 Å². The first kappa shape index (κ1) is 16.3. The highest BCUT2D eigenvalue weighted by atomic mass is 16.5. The highest BCUT2D eigenvalue weighted by Crippen LogP contribution is 2.41. The summed E-state index contributed by atoms with van der Waals surface area (Å²) in [6.07, 6.45) is 7.88. The molecule has 0 aromatic carbocycles. The van der Waals surface area contributed by atoms with Crippen LogP contribution in [0.25, 0.3) is 0 Å². The number of hydrogen-bond donors (Lipinski definition) is 1. The maximum atomic E-state index is 6.30. The summed E-state index contributed by atoms with van der Waals surface area (Å²) in [5, 5.41) is 0. The molecule has 1 aliphatic heterocycles. The molecule has 2 rings (SSSR count). The molecule has 2 fully saturated rings. The van der Waals surface area contributed by atoms with E-state index in [0.717, 1.165) is 38.1 Å². The lowest BCUT2D eigenvalue weighted by molar-refractivity contribution is -0.0268. The van der Waals surface area contributed by atoms with E-state index in [1.807, 2.05) is 0 Å². The summed E-state index contributed by atoms with van der Waals surface area (Å²) in [4.78, 5) is 2.61. The number of rotatable bonds is 5. The Balaban J connectivity index is 2.06. The Morgan fingerprint density at radius 1 is 1.25 bits per heavy atom. The van der Waals surface area contributed by atoms with Gasteiger partial charge in [0, 0.05) is 25.2 Å². The zero-order valence-corrected chi connectivity index (χ0v) is 13.7. The molecule has 3 nitrogen and oxygen atoms in total. The van der Waals surface area contributed by atoms with E-state index >= 15 is 0 Å². The molecule has 0 amide bonds. The molecule has 3 atom stereocenters. The van der Waals surface area contributed by atoms with Gasteiger partial charge in [-0.2, -0.15) is 0 Å². The van der Waals surface area contributed by atoms with E-state index in [2.05, 4.69) is 25.8 Å². The third-order valence-electron chi connectivity index (χ3n) is 5.77. The first-order valence-corrected chi connectivity index (χ1v) is 8.59. The van der Waals surface area contributed by atoms with E-state index in [4.69, 9.17) is 10.5 Å². The molecule has 1 saturated heterocycles. The predicted molar refractivity (Wildman–Crippen MR) is 84.8 cm³/mol. The molecule has 1 heterocycles. The van der Waals surface area contributed by atoms with Gasteiger partial charge in [-0.25, -0.2) is 0 Å². The monoisotopic (exact) mass is 282 g/mol. The third kappa shape index (κ3) is 3.37. The maximum absolute atomic E-state index is 6.30. The topological polar surface area (TPSA) is 38.5 Å². The molecule has 1 aliphatic carbocycles. The molecule has 1 saturated carbocycles. The van der Waals surface area contributed by atoms with Crippen LogP contribution in [-0.4, -0.2) is 43.8 Å². The van der Waals surface area contributed by atoms with Crippen molar-refractivity contribution >= 4 is 0 Å². The molecule has 3 heteroatoms. The molecule has 0 radical (unpaired) electrons. The van der Waals surface area contributed by atoms with Crippen LogP contribution in [0.2, 0.25) is 0 Å². The van der Waals surface area contributed by atoms with Gasteiger partial charge in [-0.15, -0.1) is 0 Å². The molecule has 2 N–H and O–H groups in total. The van der Waals surface area contributed by atoms with Crippen LogP contribution in [0.1, 0.15) is 52.4 Å². The van der Waals surface area contributed by atoms with Gasteiger partial charge in [-0.05, 0) is 50.5 Å². The normalized spacial score (nSPS) is 35.7. The van der Waals surface area contributed by atoms with Crippen molar-refractivity contribution in [2.24, 2.45) is 23.5 Å². The van der Waals surface area contributed by atoms with Gasteiger partial charge in [-0.3, -0.25) is 4.90 Å². The standard InChI is InChI=1S/C17H34N2O/c1-14(2)16-8-4-5-9-17(16,13-18)19(3)11-15-7-6-10-20-12-15/h14-16H,4-13,18H2,1-3H3. The number of hydrogen-bond acceptors (Lipinski definition) is 3. The van der Waals surface area contributed by atoms with Crippen LogP contribution in [0, 0.1) is 17.8 Å². The number of nitrogens with zero attached hydrogens (tertiary/aromatic N) is 1. The summed E-state index contributed by atoms with van der Waals surface area (Å²) < 4.78 is 5.65. The molecule has 2 aliphatic rings. The van der Waals surface area contributed by atoms with Crippen molar-refractivity contribution in [3.8, 4) is 0 Å². The maximum Gasteiger partial charge on any atom is 0.0506 e. The molecular weight excluding hydrogens is 248 g/mol. The Morgan fingerprint density at radius 3 is 2.65 bits per heavy atom. The van der Waals surface area contributed by atoms with Crippen LogP contribution in [0.3, 0.4) is 0 Å². The minimum atomic E-state index is 0.226. The van der Waals surface area contributed by atoms with Crippen molar-refractivity contribution in [3.05, 3.63) is 0 Å². The van der Waals surface area contributed by atoms with Crippen molar-refractivity contribution in [2.75, 3.05) is 33.4 Å². The van der Waals surface area contributed by atoms with Crippen molar-refractivity contribution < 1.29 is 4.74 Å². The number of nitrogens with two attached hydrogens (primary N) is 1. The summed E-state index contributed by atoms with van der Waals surface area (Å²) in [5.41, 5.74) is 6.53. The van der Waals surface area contributed by atoms with Crippen LogP contribution in [0.4, 0.5) is 0 Å². The molecule has 0 aromatic heterocycles. The third-order valence-corrected chi connectivity index (χ3v) is 5.77. The average Bonchev–Trinajstić information content (AvgIpc) is 2.47. The van der Waals surface area contributed by atoms with E-state index in [-0.39, 0.29) is 5.54 Å². The zero-order chi connectivity index (χ0) is 14.6. The van der Waals surface area contributed by atoms with Gasteiger partial charge in [0.25, 0.3) is 0 Å². The number of ether oxygens (including phenoxy) is 1. The lowest BCUT2D eigenvalue weighted by atomic mass is 9.67. The molecule has 0 bridgehead atoms. The summed E-state index contributed by atoms with van der Waals surface area (Å²) in [5.74, 6) is 2.17. The molecule has 3 unspecified atom stereocenters. The molecule has 118 valence electrons. The van der Waals surface area contributed by atoms with Crippen molar-refractivity contribution in [1.82, 2.24) is 4.90 Å². The summed E-state index contributed by atoms with van der Waals surface area (Å²) in [6.45, 7) is 8.60. The Morgan fingerprint density at radius 2 is 2.05 bits per heavy atom. The van der Waals surface area contributed by atoms with E-state index < -0.39 is 0 Å². The second-order valence-corrected chi connectivity index (χ2v) is 7.37. The average molecular weight is 282 g/mol. The van der Waals surface area contributed by atoms with Crippen molar-refractivity contribution in [1.29, 1.82) is 0 Å². The molecular formula is C17H34N2O. The fraction of sp³-hybridized carbons (Fsp3) is 1.00. The second-order valence-electron chi connectivity index (χ2n) is 7.37. The Kier molecular flexibility index (Phi) is 5.88. The summed E-state index contributed by atoms with van der Waals surface area (Å²) >= 11 is 0. The van der Waals surface area contributed by atoms with Gasteiger partial charge in [0.15, 0.2) is 0 Å². The van der Waals surface area contributed by atoms with Gasteiger partial charge in [0.1, 0.15) is 0 Å². The first-order valence-electron chi connectivity index (χ1n) is 8.59. The van der Waals surface area contributed by atoms with E-state index in [0.29, 0.717) is 5.92 Å². The van der Waals surface area contributed by atoms with Gasteiger partial charge in [0.2, 0.25) is 0 Å². The summed E-state index contributed by atoms with van der Waals surface area (Å²) in [6, 6.07) is 0. The largest absolute Gasteiger partial charge is 0.381 e. The minimum absolute atomic E-state index is 0.226. The van der Waals surface area contributed by atoms with E-state index in [9.17, 15) is 0 Å². The lowest BCUT2D eigenvalue weighted by Crippen LogP contribution is -2.60. The Labute approximate surface area is 125 Å². The molecule has 0 spiro atoms. The van der Waals surface area contributed by atoms with Gasteiger partial charge in [0.05, 0.1) is 6.61 Å². The second kappa shape index (κ2) is 7.24. The van der Waals surface area contributed by atoms with E-state index in [1.165, 1.54) is 38.5 Å². The van der Waals surface area contributed by atoms with Gasteiger partial charge >= 0.3 is 0 Å². The summed E-state index contributed by atoms with van der Waals surface area (Å²) in [7, 11) is 2.31. The first-order chi connectivity index (χ1) is 9.60. The fourth-order valence-corrected chi connectivity index (χ4v) is 4.61. The van der Waals surface area contributed by atoms with Crippen molar-refractivity contribution in [3.63, 3.8) is 0 Å². The van der Waals surface area contributed by atoms with Gasteiger partial charge in [-0.1, -0.05) is 26.7 Å². The highest BCUT2D eigenvalue weighted by molar-refractivity contribution is 5.00. The fourth-order valence-electron chi connectivity index (χ4n) is 4.61. The van der Waals surface area contributed by atoms with Crippen LogP contribution >= 0.6 is 0 Å². The number of likely N-dealkylation sites (N-methyl/N-ethyl adjacent to an activating group) is 1. The zero-order valence-electron chi connectivity index (χ0n) is 13.7. The Hall–Kier alpha value is -0.120. The smallest absolute Gasteiger partial charge is 0.0506 e. The van der Waals surface area contributed by atoms with Gasteiger partial charge < -0.3 is 10.5 Å². The van der Waals surface area contributed by atoms with Crippen LogP contribution < -0.4 is 5.73 Å². The quantitative estimate of drug-likeness (QED) is 0.842. The van der Waals surface area contributed by atoms with Crippen LogP contribution in [-0.2, 0) is 4.74 Å².